The molecule has 0 aromatic heterocycles. The van der Waals surface area contributed by atoms with Crippen LogP contribution in [0.5, 0.6) is 0 Å². The fourth-order valence-electron chi connectivity index (χ4n) is 11.0. The van der Waals surface area contributed by atoms with Gasteiger partial charge in [-0.15, -0.1) is 0 Å². The Kier molecular flexibility index (Phi) is 66.5. The monoisotopic (exact) mass is 1220 g/mol. The lowest BCUT2D eigenvalue weighted by molar-refractivity contribution is -0.870. The number of ether oxygens (including phenoxy) is 4. The number of esters is 2. The number of nitrogens with zero attached hydrogens (tertiary/aromatic N) is 1. The van der Waals surface area contributed by atoms with E-state index >= 15 is 0 Å². The zero-order chi connectivity index (χ0) is 63.3. The molecule has 0 aliphatic rings. The third kappa shape index (κ3) is 70.3. The second-order valence-corrected chi connectivity index (χ2v) is 26.6. The fraction of sp³-hybridized carbons (Fsp3) is 0.833. The molecule has 9 heteroatoms. The number of carbonyl (C=O) groups excluding carboxylic acids is 3. The normalized spacial score (nSPS) is 13.0. The molecule has 2 atom stereocenters. The van der Waals surface area contributed by atoms with E-state index in [1.54, 1.807) is 0 Å². The van der Waals surface area contributed by atoms with E-state index in [0.717, 1.165) is 77.0 Å². The second-order valence-electron chi connectivity index (χ2n) is 26.6. The standard InChI is InChI=1S/C78H143NO8/c1-6-8-10-12-14-16-18-20-22-24-26-28-29-30-31-32-33-34-35-36-37-38-39-40-41-42-43-44-45-46-47-49-50-52-54-56-58-60-62-64-66-68-75(80)85-72-74(73-86-78(77(82)83)84-71-70-79(3,4)5)87-76(81)69-67-65-63-61-59-57-55-53-51-48-27-25-23-21-19-17-15-13-11-9-7-2/h18-21,24-27,51,53,74,78H,6-17,22-23,28-50,52,54-73H2,1-5H3/b20-18-,21-19-,26-24-,27-25-,53-51-. The summed E-state index contributed by atoms with van der Waals surface area (Å²) < 4.78 is 22.8. The second kappa shape index (κ2) is 68.9. The summed E-state index contributed by atoms with van der Waals surface area (Å²) in [6.07, 6.45) is 87.7. The Bertz CT molecular complexity index is 1610. The molecule has 0 bridgehead atoms. The van der Waals surface area contributed by atoms with Gasteiger partial charge in [-0.25, -0.2) is 0 Å². The summed E-state index contributed by atoms with van der Waals surface area (Å²) in [6.45, 7) is 4.76. The highest BCUT2D eigenvalue weighted by molar-refractivity contribution is 5.70. The van der Waals surface area contributed by atoms with Gasteiger partial charge in [0.25, 0.3) is 0 Å². The highest BCUT2D eigenvalue weighted by Crippen LogP contribution is 2.19. The molecule has 0 amide bonds. The van der Waals surface area contributed by atoms with Crippen LogP contribution in [0.4, 0.5) is 0 Å². The van der Waals surface area contributed by atoms with E-state index in [9.17, 15) is 19.5 Å². The zero-order valence-corrected chi connectivity index (χ0v) is 58.2. The Hall–Kier alpha value is -3.01. The van der Waals surface area contributed by atoms with Crippen molar-refractivity contribution in [3.8, 4) is 0 Å². The average molecular weight is 1220 g/mol. The number of rotatable bonds is 70. The van der Waals surface area contributed by atoms with Crippen molar-refractivity contribution >= 4 is 17.9 Å². The van der Waals surface area contributed by atoms with Gasteiger partial charge in [0.05, 0.1) is 40.3 Å². The molecular formula is C78H143NO8. The van der Waals surface area contributed by atoms with Gasteiger partial charge in [0, 0.05) is 12.8 Å². The quantitative estimate of drug-likeness (QED) is 0.0195. The highest BCUT2D eigenvalue weighted by atomic mass is 16.7. The Labute approximate surface area is 539 Å². The van der Waals surface area contributed by atoms with Gasteiger partial charge in [-0.05, 0) is 83.5 Å². The number of hydrogen-bond acceptors (Lipinski definition) is 8. The van der Waals surface area contributed by atoms with Crippen molar-refractivity contribution < 1.29 is 42.9 Å². The molecule has 9 nitrogen and oxygen atoms in total. The van der Waals surface area contributed by atoms with E-state index in [-0.39, 0.29) is 32.2 Å². The number of allylic oxidation sites excluding steroid dienone is 10. The van der Waals surface area contributed by atoms with Crippen molar-refractivity contribution in [2.75, 3.05) is 47.5 Å². The van der Waals surface area contributed by atoms with E-state index in [0.29, 0.717) is 23.9 Å². The van der Waals surface area contributed by atoms with Gasteiger partial charge in [0.1, 0.15) is 13.2 Å². The maximum absolute atomic E-state index is 12.9. The third-order valence-electron chi connectivity index (χ3n) is 16.7. The number of carbonyl (C=O) groups is 3. The molecule has 87 heavy (non-hydrogen) atoms. The lowest BCUT2D eigenvalue weighted by atomic mass is 10.0. The van der Waals surface area contributed by atoms with Crippen LogP contribution >= 0.6 is 0 Å². The molecule has 0 N–H and O–H groups in total. The van der Waals surface area contributed by atoms with Crippen molar-refractivity contribution in [1.82, 2.24) is 0 Å². The molecule has 0 aliphatic carbocycles. The number of aliphatic carboxylic acids is 1. The first-order valence-corrected chi connectivity index (χ1v) is 37.4. The van der Waals surface area contributed by atoms with Gasteiger partial charge in [-0.1, -0.05) is 325 Å². The fourth-order valence-corrected chi connectivity index (χ4v) is 11.0. The maximum atomic E-state index is 12.9. The Balaban J connectivity index is 3.94. The van der Waals surface area contributed by atoms with Gasteiger partial charge < -0.3 is 33.3 Å². The highest BCUT2D eigenvalue weighted by Gasteiger charge is 2.22. The van der Waals surface area contributed by atoms with Crippen LogP contribution in [0.15, 0.2) is 60.8 Å². The van der Waals surface area contributed by atoms with Crippen LogP contribution in [0.25, 0.3) is 0 Å². The molecule has 0 aliphatic heterocycles. The molecule has 0 rings (SSSR count). The summed E-state index contributed by atoms with van der Waals surface area (Å²) in [6, 6.07) is 0. The van der Waals surface area contributed by atoms with Crippen molar-refractivity contribution in [3.63, 3.8) is 0 Å². The van der Waals surface area contributed by atoms with Crippen LogP contribution in [-0.2, 0) is 33.3 Å². The van der Waals surface area contributed by atoms with Crippen LogP contribution in [0, 0.1) is 0 Å². The molecule has 0 saturated heterocycles. The van der Waals surface area contributed by atoms with E-state index in [2.05, 4.69) is 74.6 Å². The van der Waals surface area contributed by atoms with Crippen molar-refractivity contribution in [2.24, 2.45) is 0 Å². The van der Waals surface area contributed by atoms with E-state index in [4.69, 9.17) is 18.9 Å². The van der Waals surface area contributed by atoms with Crippen LogP contribution in [0.2, 0.25) is 0 Å². The van der Waals surface area contributed by atoms with Gasteiger partial charge in [0.15, 0.2) is 12.4 Å². The molecule has 2 unspecified atom stereocenters. The minimum Gasteiger partial charge on any atom is -0.545 e. The molecule has 0 fully saturated rings. The summed E-state index contributed by atoms with van der Waals surface area (Å²) in [5.74, 6) is -2.28. The van der Waals surface area contributed by atoms with Gasteiger partial charge >= 0.3 is 11.9 Å². The van der Waals surface area contributed by atoms with Gasteiger partial charge in [0.2, 0.25) is 0 Å². The Morgan fingerprint density at radius 1 is 0.345 bits per heavy atom. The summed E-state index contributed by atoms with van der Waals surface area (Å²) in [7, 11) is 5.93. The van der Waals surface area contributed by atoms with Gasteiger partial charge in [-0.3, -0.25) is 9.59 Å². The lowest BCUT2D eigenvalue weighted by Crippen LogP contribution is -2.44. The lowest BCUT2D eigenvalue weighted by Gasteiger charge is -2.26. The topological polar surface area (TPSA) is 111 Å². The summed E-state index contributed by atoms with van der Waals surface area (Å²) >= 11 is 0. The van der Waals surface area contributed by atoms with Crippen molar-refractivity contribution in [2.45, 2.75) is 373 Å². The minimum absolute atomic E-state index is 0.145. The SMILES string of the molecule is CCCCCCC/C=C\C/C=C\C/C=C\CCCCCCCCC(=O)OC(COC(=O)CCCCCCCCCCCCCCCCCCCCCCCCCCCCCCC/C=C\C/C=C\CCCCCCC)COC(OCC[N+](C)(C)C)C(=O)[O-]. The Morgan fingerprint density at radius 2 is 0.621 bits per heavy atom. The van der Waals surface area contributed by atoms with Crippen LogP contribution in [-0.4, -0.2) is 82.3 Å². The largest absolute Gasteiger partial charge is 0.545 e. The van der Waals surface area contributed by atoms with E-state index in [1.165, 1.54) is 250 Å². The van der Waals surface area contributed by atoms with Gasteiger partial charge in [-0.2, -0.15) is 0 Å². The predicted molar refractivity (Wildman–Crippen MR) is 371 cm³/mol. The first kappa shape index (κ1) is 84.0. The number of carboxylic acid groups (broad SMARTS) is 1. The van der Waals surface area contributed by atoms with Crippen LogP contribution < -0.4 is 5.11 Å². The number of quaternary nitrogens is 1. The molecule has 0 radical (unpaired) electrons. The first-order valence-electron chi connectivity index (χ1n) is 37.4. The summed E-state index contributed by atoms with van der Waals surface area (Å²) in [5.41, 5.74) is 0. The molecule has 0 aromatic rings. The summed E-state index contributed by atoms with van der Waals surface area (Å²) in [5, 5.41) is 11.8. The smallest absolute Gasteiger partial charge is 0.306 e. The number of unbranched alkanes of at least 4 members (excludes halogenated alkanes) is 45. The molecule has 508 valence electrons. The molecule has 0 aromatic carbocycles. The zero-order valence-electron chi connectivity index (χ0n) is 58.2. The molecule has 0 spiro atoms. The molecule has 0 heterocycles. The van der Waals surface area contributed by atoms with E-state index < -0.39 is 24.3 Å². The van der Waals surface area contributed by atoms with Crippen molar-refractivity contribution in [3.05, 3.63) is 60.8 Å². The maximum Gasteiger partial charge on any atom is 0.306 e. The van der Waals surface area contributed by atoms with E-state index in [1.807, 2.05) is 21.1 Å². The third-order valence-corrected chi connectivity index (χ3v) is 16.7. The Morgan fingerprint density at radius 3 is 0.920 bits per heavy atom. The van der Waals surface area contributed by atoms with Crippen LogP contribution in [0.3, 0.4) is 0 Å². The first-order chi connectivity index (χ1) is 42.6. The predicted octanol–water partition coefficient (Wildman–Crippen LogP) is 22.1. The molecule has 0 saturated carbocycles. The average Bonchev–Trinajstić information content (AvgIpc) is 3.57. The molecular weight excluding hydrogens is 1080 g/mol. The summed E-state index contributed by atoms with van der Waals surface area (Å²) in [4.78, 5) is 37.5. The minimum atomic E-state index is -1.63. The van der Waals surface area contributed by atoms with Crippen LogP contribution in [0.1, 0.15) is 361 Å². The number of likely N-dealkylation sites (N-methyl/N-ethyl adjacent to an activating group) is 1. The van der Waals surface area contributed by atoms with Crippen molar-refractivity contribution in [1.29, 1.82) is 0 Å². The number of carboxylic acids is 1. The number of hydrogen-bond donors (Lipinski definition) is 0.